The van der Waals surface area contributed by atoms with Crippen molar-refractivity contribution >= 4 is 11.9 Å². The van der Waals surface area contributed by atoms with Crippen LogP contribution in [0.25, 0.3) is 0 Å². The number of fused-ring (bicyclic) bond motifs is 1. The molecule has 6 heteroatoms. The summed E-state index contributed by atoms with van der Waals surface area (Å²) < 4.78 is 11.4. The molecule has 144 valence electrons. The van der Waals surface area contributed by atoms with Crippen molar-refractivity contribution in [1.82, 2.24) is 5.32 Å². The Bertz CT molecular complexity index is 811. The number of carboxylic acids is 1. The zero-order valence-corrected chi connectivity index (χ0v) is 15.5. The van der Waals surface area contributed by atoms with Gasteiger partial charge in [-0.25, -0.2) is 4.79 Å². The number of ether oxygens (including phenoxy) is 1. The molecule has 0 saturated carbocycles. The fraction of sp³-hybridized carbons (Fsp3) is 0.429. The van der Waals surface area contributed by atoms with Crippen LogP contribution in [0.3, 0.4) is 0 Å². The van der Waals surface area contributed by atoms with E-state index in [-0.39, 0.29) is 17.4 Å². The fourth-order valence-corrected chi connectivity index (χ4v) is 3.45. The Labute approximate surface area is 158 Å². The summed E-state index contributed by atoms with van der Waals surface area (Å²) in [5, 5.41) is 11.9. The summed E-state index contributed by atoms with van der Waals surface area (Å²) >= 11 is 0. The van der Waals surface area contributed by atoms with Crippen LogP contribution in [0.5, 0.6) is 0 Å². The first-order valence-corrected chi connectivity index (χ1v) is 9.43. The highest BCUT2D eigenvalue weighted by atomic mass is 16.5. The molecule has 1 heterocycles. The molecule has 0 fully saturated rings. The smallest absolute Gasteiger partial charge is 0.339 e. The normalized spacial score (nSPS) is 16.0. The van der Waals surface area contributed by atoms with Crippen molar-refractivity contribution in [2.45, 2.75) is 45.1 Å². The highest BCUT2D eigenvalue weighted by molar-refractivity contribution is 5.96. The van der Waals surface area contributed by atoms with Crippen LogP contribution < -0.4 is 5.32 Å². The van der Waals surface area contributed by atoms with E-state index in [4.69, 9.17) is 14.3 Å². The average molecular weight is 371 g/mol. The van der Waals surface area contributed by atoms with Crippen molar-refractivity contribution in [3.8, 4) is 0 Å². The molecular formula is C21H25NO5. The molecule has 27 heavy (non-hydrogen) atoms. The van der Waals surface area contributed by atoms with Crippen LogP contribution in [0.4, 0.5) is 0 Å². The molecule has 6 nitrogen and oxygen atoms in total. The van der Waals surface area contributed by atoms with E-state index in [1.807, 2.05) is 6.07 Å². The lowest BCUT2D eigenvalue weighted by Gasteiger charge is -2.25. The van der Waals surface area contributed by atoms with E-state index in [0.717, 1.165) is 19.3 Å². The summed E-state index contributed by atoms with van der Waals surface area (Å²) in [6.45, 7) is 2.78. The number of furan rings is 1. The van der Waals surface area contributed by atoms with Crippen LogP contribution in [-0.2, 0) is 17.6 Å². The maximum Gasteiger partial charge on any atom is 0.339 e. The van der Waals surface area contributed by atoms with Crippen molar-refractivity contribution in [1.29, 1.82) is 0 Å². The van der Waals surface area contributed by atoms with Crippen molar-refractivity contribution in [2.24, 2.45) is 0 Å². The minimum absolute atomic E-state index is 0.0337. The number of carbonyl (C=O) groups excluding carboxylic acids is 1. The van der Waals surface area contributed by atoms with Gasteiger partial charge in [0, 0.05) is 25.6 Å². The number of carbonyl (C=O) groups is 2. The van der Waals surface area contributed by atoms with E-state index in [0.29, 0.717) is 31.8 Å². The maximum atomic E-state index is 12.1. The minimum atomic E-state index is -1.09. The molecule has 0 saturated heterocycles. The first-order valence-electron chi connectivity index (χ1n) is 9.43. The van der Waals surface area contributed by atoms with Crippen molar-refractivity contribution in [2.75, 3.05) is 13.2 Å². The Morgan fingerprint density at radius 1 is 1.33 bits per heavy atom. The fourth-order valence-electron chi connectivity index (χ4n) is 3.45. The van der Waals surface area contributed by atoms with Gasteiger partial charge in [-0.1, -0.05) is 31.2 Å². The molecule has 0 radical (unpaired) electrons. The topological polar surface area (TPSA) is 88.8 Å². The Balaban J connectivity index is 1.44. The van der Waals surface area contributed by atoms with Gasteiger partial charge in [0.05, 0.1) is 6.10 Å². The molecule has 3 rings (SSSR count). The predicted octanol–water partition coefficient (Wildman–Crippen LogP) is 3.75. The maximum absolute atomic E-state index is 12.1. The van der Waals surface area contributed by atoms with Crippen molar-refractivity contribution < 1.29 is 23.8 Å². The Morgan fingerprint density at radius 3 is 2.89 bits per heavy atom. The SMILES string of the molecule is CCc1oc(C(=O)NCCCOC2CCCc3ccccc32)cc1C(=O)O. The number of amides is 1. The van der Waals surface area contributed by atoms with Crippen LogP contribution >= 0.6 is 0 Å². The Kier molecular flexibility index (Phi) is 6.29. The van der Waals surface area contributed by atoms with Crippen LogP contribution in [0.2, 0.25) is 0 Å². The van der Waals surface area contributed by atoms with Crippen LogP contribution in [0.1, 0.15) is 70.1 Å². The van der Waals surface area contributed by atoms with E-state index < -0.39 is 11.9 Å². The first-order chi connectivity index (χ1) is 13.1. The molecule has 0 spiro atoms. The number of rotatable bonds is 8. The van der Waals surface area contributed by atoms with E-state index >= 15 is 0 Å². The number of aryl methyl sites for hydroxylation is 2. The summed E-state index contributed by atoms with van der Waals surface area (Å²) in [6, 6.07) is 9.67. The second kappa shape index (κ2) is 8.86. The van der Waals surface area contributed by atoms with Gasteiger partial charge in [0.15, 0.2) is 5.76 Å². The van der Waals surface area contributed by atoms with Gasteiger partial charge in [-0.15, -0.1) is 0 Å². The Morgan fingerprint density at radius 2 is 2.15 bits per heavy atom. The number of aromatic carboxylic acids is 1. The highest BCUT2D eigenvalue weighted by Crippen LogP contribution is 2.32. The third-order valence-corrected chi connectivity index (χ3v) is 4.82. The van der Waals surface area contributed by atoms with E-state index in [1.165, 1.54) is 17.2 Å². The van der Waals surface area contributed by atoms with E-state index in [2.05, 4.69) is 23.5 Å². The molecule has 1 aromatic carbocycles. The second-order valence-corrected chi connectivity index (χ2v) is 6.67. The van der Waals surface area contributed by atoms with Gasteiger partial charge < -0.3 is 19.6 Å². The summed E-state index contributed by atoms with van der Waals surface area (Å²) in [6.07, 6.45) is 4.48. The zero-order chi connectivity index (χ0) is 19.2. The van der Waals surface area contributed by atoms with Crippen LogP contribution in [0, 0.1) is 0 Å². The molecule has 2 aromatic rings. The number of benzene rings is 1. The monoisotopic (exact) mass is 371 g/mol. The third kappa shape index (κ3) is 4.57. The van der Waals surface area contributed by atoms with Gasteiger partial charge in [0.2, 0.25) is 0 Å². The predicted molar refractivity (Wildman–Crippen MR) is 100 cm³/mol. The van der Waals surface area contributed by atoms with Gasteiger partial charge in [-0.2, -0.15) is 0 Å². The summed E-state index contributed by atoms with van der Waals surface area (Å²) in [7, 11) is 0. The van der Waals surface area contributed by atoms with Gasteiger partial charge in [0.1, 0.15) is 11.3 Å². The van der Waals surface area contributed by atoms with Gasteiger partial charge in [-0.3, -0.25) is 4.79 Å². The number of nitrogens with one attached hydrogen (secondary N) is 1. The van der Waals surface area contributed by atoms with Gasteiger partial charge in [-0.05, 0) is 36.8 Å². The van der Waals surface area contributed by atoms with Crippen molar-refractivity contribution in [3.63, 3.8) is 0 Å². The molecule has 0 aliphatic heterocycles. The quantitative estimate of drug-likeness (QED) is 0.690. The van der Waals surface area contributed by atoms with Gasteiger partial charge in [0.25, 0.3) is 5.91 Å². The lowest BCUT2D eigenvalue weighted by molar-refractivity contribution is 0.0392. The Hall–Kier alpha value is -2.60. The van der Waals surface area contributed by atoms with E-state index in [1.54, 1.807) is 6.92 Å². The second-order valence-electron chi connectivity index (χ2n) is 6.67. The summed E-state index contributed by atoms with van der Waals surface area (Å²) in [5.41, 5.74) is 2.68. The molecule has 1 aliphatic carbocycles. The lowest BCUT2D eigenvalue weighted by atomic mass is 9.89. The van der Waals surface area contributed by atoms with E-state index in [9.17, 15) is 9.59 Å². The standard InChI is InChI=1S/C21H25NO5/c1-2-17-16(21(24)25)13-19(27-17)20(23)22-11-6-12-26-18-10-5-8-14-7-3-4-9-15(14)18/h3-4,7,9,13,18H,2,5-6,8,10-12H2,1H3,(H,22,23)(H,24,25). The molecule has 0 bridgehead atoms. The minimum Gasteiger partial charge on any atom is -0.478 e. The zero-order valence-electron chi connectivity index (χ0n) is 15.5. The molecule has 1 unspecified atom stereocenters. The molecule has 1 aromatic heterocycles. The van der Waals surface area contributed by atoms with Crippen molar-refractivity contribution in [3.05, 3.63) is 58.5 Å². The summed E-state index contributed by atoms with van der Waals surface area (Å²) in [5.74, 6) is -1.14. The third-order valence-electron chi connectivity index (χ3n) is 4.82. The number of hydrogen-bond donors (Lipinski definition) is 2. The lowest BCUT2D eigenvalue weighted by Crippen LogP contribution is -2.25. The number of carboxylic acid groups (broad SMARTS) is 1. The molecular weight excluding hydrogens is 346 g/mol. The van der Waals surface area contributed by atoms with Gasteiger partial charge >= 0.3 is 5.97 Å². The first kappa shape index (κ1) is 19.2. The summed E-state index contributed by atoms with van der Waals surface area (Å²) in [4.78, 5) is 23.3. The molecule has 1 amide bonds. The van der Waals surface area contributed by atoms with Crippen LogP contribution in [0.15, 0.2) is 34.7 Å². The largest absolute Gasteiger partial charge is 0.478 e. The van der Waals surface area contributed by atoms with Crippen LogP contribution in [-0.4, -0.2) is 30.1 Å². The highest BCUT2D eigenvalue weighted by Gasteiger charge is 2.21. The average Bonchev–Trinajstić information content (AvgIpc) is 3.12. The molecule has 1 aliphatic rings. The number of hydrogen-bond acceptors (Lipinski definition) is 4. The molecule has 1 atom stereocenters. The molecule has 2 N–H and O–H groups in total.